The highest BCUT2D eigenvalue weighted by Gasteiger charge is 2.22. The molecule has 1 aromatic rings. The number of carboxylic acids is 1. The topological polar surface area (TPSA) is 57.5 Å². The van der Waals surface area contributed by atoms with Gasteiger partial charge in [0.25, 0.3) is 0 Å². The van der Waals surface area contributed by atoms with Gasteiger partial charge in [-0.25, -0.2) is 0 Å². The van der Waals surface area contributed by atoms with Crippen molar-refractivity contribution >= 4 is 21.9 Å². The molecule has 0 amide bonds. The van der Waals surface area contributed by atoms with Gasteiger partial charge in [-0.15, -0.1) is 0 Å². The number of halogens is 1. The van der Waals surface area contributed by atoms with Gasteiger partial charge in [0.15, 0.2) is 0 Å². The Labute approximate surface area is 115 Å². The number of carbonyl (C=O) groups is 1. The Bertz CT molecular complexity index is 482. The van der Waals surface area contributed by atoms with E-state index in [-0.39, 0.29) is 5.75 Å². The third-order valence-electron chi connectivity index (χ3n) is 3.62. The van der Waals surface area contributed by atoms with Gasteiger partial charge in [-0.05, 0) is 70.8 Å². The van der Waals surface area contributed by atoms with E-state index >= 15 is 0 Å². The lowest BCUT2D eigenvalue weighted by atomic mass is 9.85. The molecule has 2 rings (SSSR count). The number of hydrogen-bond acceptors (Lipinski definition) is 2. The van der Waals surface area contributed by atoms with Gasteiger partial charge in [-0.2, -0.15) is 0 Å². The Balaban J connectivity index is 2.43. The summed E-state index contributed by atoms with van der Waals surface area (Å²) < 4.78 is 0.677. The second kappa shape index (κ2) is 5.31. The molecule has 0 saturated carbocycles. The molecule has 1 unspecified atom stereocenters. The van der Waals surface area contributed by atoms with Crippen LogP contribution < -0.4 is 0 Å². The molecule has 18 heavy (non-hydrogen) atoms. The number of rotatable bonds is 3. The predicted octanol–water partition coefficient (Wildman–Crippen LogP) is 3.30. The maximum atomic E-state index is 11.0. The number of aromatic hydroxyl groups is 1. The Hall–Kier alpha value is -1.03. The van der Waals surface area contributed by atoms with E-state index in [1.807, 2.05) is 6.07 Å². The third kappa shape index (κ3) is 2.53. The van der Waals surface area contributed by atoms with E-state index in [4.69, 9.17) is 5.11 Å². The van der Waals surface area contributed by atoms with Crippen molar-refractivity contribution in [3.05, 3.63) is 27.2 Å². The average molecular weight is 313 g/mol. The van der Waals surface area contributed by atoms with Gasteiger partial charge < -0.3 is 10.2 Å². The molecule has 0 radical (unpaired) electrons. The molecule has 0 aromatic heterocycles. The first kappa shape index (κ1) is 13.4. The quantitative estimate of drug-likeness (QED) is 0.900. The molecular weight excluding hydrogens is 296 g/mol. The van der Waals surface area contributed by atoms with E-state index < -0.39 is 11.9 Å². The van der Waals surface area contributed by atoms with Gasteiger partial charge in [0, 0.05) is 0 Å². The summed E-state index contributed by atoms with van der Waals surface area (Å²) >= 11 is 3.35. The fourth-order valence-corrected chi connectivity index (χ4v) is 3.07. The van der Waals surface area contributed by atoms with E-state index in [1.165, 1.54) is 5.56 Å². The summed E-state index contributed by atoms with van der Waals surface area (Å²) in [6, 6.07) is 1.97. The van der Waals surface area contributed by atoms with Crippen LogP contribution in [0.2, 0.25) is 0 Å². The Morgan fingerprint density at radius 1 is 1.44 bits per heavy atom. The second-order valence-electron chi connectivity index (χ2n) is 4.97. The normalized spacial score (nSPS) is 16.1. The molecule has 1 aromatic carbocycles. The lowest BCUT2D eigenvalue weighted by Crippen LogP contribution is -2.15. The van der Waals surface area contributed by atoms with Gasteiger partial charge in [0.1, 0.15) is 5.75 Å². The number of phenols is 1. The summed E-state index contributed by atoms with van der Waals surface area (Å²) in [6.07, 6.45) is 4.63. The Kier molecular flexibility index (Phi) is 3.95. The van der Waals surface area contributed by atoms with Crippen LogP contribution in [0.3, 0.4) is 0 Å². The number of carboxylic acid groups (broad SMARTS) is 1. The van der Waals surface area contributed by atoms with Gasteiger partial charge in [-0.3, -0.25) is 4.79 Å². The molecule has 2 N–H and O–H groups in total. The molecule has 1 aliphatic carbocycles. The van der Waals surface area contributed by atoms with E-state index in [0.717, 1.165) is 36.8 Å². The van der Waals surface area contributed by atoms with Crippen molar-refractivity contribution in [1.82, 2.24) is 0 Å². The molecule has 3 nitrogen and oxygen atoms in total. The number of aryl methyl sites for hydroxylation is 1. The highest BCUT2D eigenvalue weighted by molar-refractivity contribution is 9.10. The lowest BCUT2D eigenvalue weighted by molar-refractivity contribution is -0.141. The number of fused-ring (bicyclic) bond motifs is 1. The SMILES string of the molecule is CC(Cc1c(O)c(Br)cc2c1CCCC2)C(=O)O. The van der Waals surface area contributed by atoms with Crippen LogP contribution in [0.15, 0.2) is 10.5 Å². The summed E-state index contributed by atoms with van der Waals surface area (Å²) in [7, 11) is 0. The highest BCUT2D eigenvalue weighted by Crippen LogP contribution is 2.37. The summed E-state index contributed by atoms with van der Waals surface area (Å²) in [5.74, 6) is -1.08. The first-order valence-electron chi connectivity index (χ1n) is 6.25. The number of benzene rings is 1. The minimum Gasteiger partial charge on any atom is -0.506 e. The molecule has 0 saturated heterocycles. The van der Waals surface area contributed by atoms with Crippen LogP contribution in [0.4, 0.5) is 0 Å². The third-order valence-corrected chi connectivity index (χ3v) is 4.22. The van der Waals surface area contributed by atoms with Gasteiger partial charge >= 0.3 is 5.97 Å². The molecule has 0 fully saturated rings. The highest BCUT2D eigenvalue weighted by atomic mass is 79.9. The smallest absolute Gasteiger partial charge is 0.306 e. The Morgan fingerprint density at radius 3 is 2.78 bits per heavy atom. The zero-order chi connectivity index (χ0) is 13.3. The first-order chi connectivity index (χ1) is 8.50. The second-order valence-corrected chi connectivity index (χ2v) is 5.83. The first-order valence-corrected chi connectivity index (χ1v) is 7.05. The van der Waals surface area contributed by atoms with Crippen LogP contribution >= 0.6 is 15.9 Å². The summed E-state index contributed by atoms with van der Waals surface area (Å²) in [4.78, 5) is 11.0. The van der Waals surface area contributed by atoms with Crippen LogP contribution in [0.1, 0.15) is 36.5 Å². The maximum absolute atomic E-state index is 11.0. The van der Waals surface area contributed by atoms with E-state index in [2.05, 4.69) is 15.9 Å². The maximum Gasteiger partial charge on any atom is 0.306 e. The summed E-state index contributed by atoms with van der Waals surface area (Å²) in [5, 5.41) is 19.2. The molecular formula is C14H17BrO3. The van der Waals surface area contributed by atoms with Crippen molar-refractivity contribution in [3.63, 3.8) is 0 Å². The molecule has 4 heteroatoms. The summed E-state index contributed by atoms with van der Waals surface area (Å²) in [5.41, 5.74) is 3.22. The average Bonchev–Trinajstić information content (AvgIpc) is 2.34. The minimum atomic E-state index is -0.820. The van der Waals surface area contributed by atoms with E-state index in [9.17, 15) is 9.90 Å². The van der Waals surface area contributed by atoms with Gasteiger partial charge in [-0.1, -0.05) is 6.92 Å². The van der Waals surface area contributed by atoms with Crippen molar-refractivity contribution in [2.24, 2.45) is 5.92 Å². The molecule has 1 atom stereocenters. The zero-order valence-electron chi connectivity index (χ0n) is 10.4. The van der Waals surface area contributed by atoms with Gasteiger partial charge in [0.2, 0.25) is 0 Å². The standard InChI is InChI=1S/C14H17BrO3/c1-8(14(17)18)6-11-10-5-3-2-4-9(10)7-12(15)13(11)16/h7-8,16H,2-6H2,1H3,(H,17,18). The monoisotopic (exact) mass is 312 g/mol. The fraction of sp³-hybridized carbons (Fsp3) is 0.500. The van der Waals surface area contributed by atoms with Crippen molar-refractivity contribution in [1.29, 1.82) is 0 Å². The molecule has 0 heterocycles. The van der Waals surface area contributed by atoms with Crippen molar-refractivity contribution in [3.8, 4) is 5.75 Å². The predicted molar refractivity (Wildman–Crippen MR) is 73.0 cm³/mol. The molecule has 0 spiro atoms. The Morgan fingerprint density at radius 2 is 2.11 bits per heavy atom. The van der Waals surface area contributed by atoms with Crippen LogP contribution in [-0.4, -0.2) is 16.2 Å². The van der Waals surface area contributed by atoms with Crippen LogP contribution in [-0.2, 0) is 24.1 Å². The minimum absolute atomic E-state index is 0.212. The largest absolute Gasteiger partial charge is 0.506 e. The van der Waals surface area contributed by atoms with E-state index in [0.29, 0.717) is 10.9 Å². The molecule has 1 aliphatic rings. The van der Waals surface area contributed by atoms with Crippen LogP contribution in [0.5, 0.6) is 5.75 Å². The van der Waals surface area contributed by atoms with Gasteiger partial charge in [0.05, 0.1) is 10.4 Å². The number of phenolic OH excluding ortho intramolecular Hbond substituents is 1. The van der Waals surface area contributed by atoms with Crippen molar-refractivity contribution in [2.75, 3.05) is 0 Å². The number of hydrogen-bond donors (Lipinski definition) is 2. The van der Waals surface area contributed by atoms with E-state index in [1.54, 1.807) is 6.92 Å². The van der Waals surface area contributed by atoms with Crippen molar-refractivity contribution in [2.45, 2.75) is 39.0 Å². The zero-order valence-corrected chi connectivity index (χ0v) is 12.0. The van der Waals surface area contributed by atoms with Crippen molar-refractivity contribution < 1.29 is 15.0 Å². The molecule has 98 valence electrons. The summed E-state index contributed by atoms with van der Waals surface area (Å²) in [6.45, 7) is 1.68. The van der Waals surface area contributed by atoms with Crippen LogP contribution in [0.25, 0.3) is 0 Å². The number of aliphatic carboxylic acids is 1. The van der Waals surface area contributed by atoms with Crippen LogP contribution in [0, 0.1) is 5.92 Å². The molecule has 0 aliphatic heterocycles. The fourth-order valence-electron chi connectivity index (χ4n) is 2.55. The lowest BCUT2D eigenvalue weighted by Gasteiger charge is -2.22. The molecule has 0 bridgehead atoms.